The summed E-state index contributed by atoms with van der Waals surface area (Å²) in [6.07, 6.45) is 10.1. The van der Waals surface area contributed by atoms with Gasteiger partial charge in [-0.3, -0.25) is 0 Å². The van der Waals surface area contributed by atoms with Crippen LogP contribution in [-0.2, 0) is 25.8 Å². The van der Waals surface area contributed by atoms with Gasteiger partial charge >= 0.3 is 659 Å². The van der Waals surface area contributed by atoms with Crippen LogP contribution in [-0.4, -0.2) is 17.6 Å². The molecule has 0 amide bonds. The van der Waals surface area contributed by atoms with Crippen molar-refractivity contribution in [3.8, 4) is 89.8 Å². The van der Waals surface area contributed by atoms with E-state index in [1.807, 2.05) is 0 Å². The molecule has 111 heavy (non-hydrogen) atoms. The zero-order chi connectivity index (χ0) is 74.1. The second kappa shape index (κ2) is 24.1. The van der Waals surface area contributed by atoms with Gasteiger partial charge in [0, 0.05) is 0 Å². The molecule has 0 N–H and O–H groups in total. The van der Waals surface area contributed by atoms with E-state index in [1.54, 1.807) is 0 Å². The molecule has 4 aliphatic carbocycles. The minimum atomic E-state index is -9.10. The van der Waals surface area contributed by atoms with E-state index >= 15 is 0 Å². The monoisotopic (exact) mass is 1670 g/mol. The molecule has 0 radical (unpaired) electrons. The van der Waals surface area contributed by atoms with Crippen molar-refractivity contribution in [1.82, 2.24) is 0 Å². The standard InChI is InChI=1S/2C51H36O2Si.2ClH.Hf/c2*1-54(50-40-26-14-24-38(34-16-6-2-7-17-34)42(40)32-44(50)48-30-28-46(52-48)36-20-10-4-11-21-36)51-41-27-15-25-39(35-18-8-3-9-19-35)43(41)33-45(51)49-31-29-47(53-49)37-22-12-5-13-23-37;;;/h2*2-33,54H,1H3;2*1H;/q;;;;+2/p-2. The van der Waals surface area contributed by atoms with E-state index in [9.17, 15) is 17.2 Å². The SMILES string of the molecule is C[SiH]1[C]2(C(c3ccc(-c4ccccc4)o3)=Cc3c(-c4ccccc4)cccc32)[Hf]2([Cl])([Cl])([C]13C(c1ccc(-c4ccccc4)o1)=Cc1c(-c4ccccc4)cccc13)[C]1(C(c3ccc(-c4ccccc4)o3)=Cc3c(-c4ccccc4)cccc31)[SiH](C)[C]21C(c2ccc(-c3ccccc3)o2)=Cc2c(-c3ccccc3)cccc21. The molecule has 22 rings (SSSR count). The molecule has 0 bridgehead atoms. The van der Waals surface area contributed by atoms with Crippen molar-refractivity contribution in [2.75, 3.05) is 0 Å². The maximum absolute atomic E-state index is 12.3. The molecule has 16 aromatic rings. The van der Waals surface area contributed by atoms with Gasteiger partial charge in [0.15, 0.2) is 0 Å². The molecule has 4 nitrogen and oxygen atoms in total. The Morgan fingerprint density at radius 3 is 0.586 bits per heavy atom. The van der Waals surface area contributed by atoms with Gasteiger partial charge in [0.2, 0.25) is 0 Å². The van der Waals surface area contributed by atoms with Crippen LogP contribution in [0.2, 0.25) is 13.1 Å². The summed E-state index contributed by atoms with van der Waals surface area (Å²) < 4.78 is 26.6. The minimum absolute atomic E-state index is 0.726. The Labute approximate surface area is 653 Å². The van der Waals surface area contributed by atoms with Crippen molar-refractivity contribution in [2.45, 2.75) is 24.3 Å². The Bertz CT molecular complexity index is 5830. The van der Waals surface area contributed by atoms with Crippen molar-refractivity contribution < 1.29 is 32.3 Å². The Morgan fingerprint density at radius 1 is 0.207 bits per heavy atom. The molecule has 6 heterocycles. The zero-order valence-electron chi connectivity index (χ0n) is 61.0. The molecule has 2 aliphatic heterocycles. The van der Waals surface area contributed by atoms with E-state index < -0.39 is 43.4 Å². The van der Waals surface area contributed by atoms with Crippen molar-refractivity contribution in [3.05, 3.63) is 432 Å². The van der Waals surface area contributed by atoms with Crippen molar-refractivity contribution in [2.24, 2.45) is 0 Å². The second-order valence-electron chi connectivity index (χ2n) is 31.1. The van der Waals surface area contributed by atoms with E-state index in [4.69, 9.17) is 17.7 Å². The molecule has 6 aliphatic rings. The third-order valence-corrected chi connectivity index (χ3v) is 142. The third kappa shape index (κ3) is 7.93. The first-order chi connectivity index (χ1) is 54.5. The first kappa shape index (κ1) is 66.6. The zero-order valence-corrected chi connectivity index (χ0v) is 68.4. The van der Waals surface area contributed by atoms with E-state index in [0.29, 0.717) is 0 Å². The molecule has 5 spiro atoms. The first-order valence-corrected chi connectivity index (χ1v) is 59.2. The van der Waals surface area contributed by atoms with Crippen LogP contribution >= 0.6 is 17.2 Å². The fourth-order valence-corrected chi connectivity index (χ4v) is 190. The first-order valence-electron chi connectivity index (χ1n) is 38.5. The molecule has 12 aromatic carbocycles. The van der Waals surface area contributed by atoms with Crippen LogP contribution in [0.15, 0.2) is 382 Å². The van der Waals surface area contributed by atoms with E-state index in [0.717, 1.165) is 180 Å². The fraction of sp³-hybridized carbons (Fsp3) is 0.0588. The predicted molar refractivity (Wildman–Crippen MR) is 460 cm³/mol. The Hall–Kier alpha value is -11.4. The molecule has 2 saturated heterocycles. The van der Waals surface area contributed by atoms with Crippen molar-refractivity contribution in [1.29, 1.82) is 0 Å². The number of benzene rings is 12. The molecular weight excluding hydrogens is 1590 g/mol. The number of fused-ring (bicyclic) bond motifs is 12. The summed E-state index contributed by atoms with van der Waals surface area (Å²) in [6.45, 7) is 5.34. The van der Waals surface area contributed by atoms with Gasteiger partial charge in [0.05, 0.1) is 0 Å². The fourth-order valence-electron chi connectivity index (χ4n) is 24.0. The van der Waals surface area contributed by atoms with Gasteiger partial charge in [-0.1, -0.05) is 0 Å². The second-order valence-corrected chi connectivity index (χ2v) is 85.5. The molecule has 0 saturated carbocycles. The van der Waals surface area contributed by atoms with Crippen LogP contribution in [0, 0.1) is 0 Å². The molecule has 4 atom stereocenters. The number of hydrogen-bond acceptors (Lipinski definition) is 4. The van der Waals surface area contributed by atoms with Crippen LogP contribution < -0.4 is 0 Å². The molecule has 530 valence electrons. The van der Waals surface area contributed by atoms with E-state index in [2.05, 4.69) is 401 Å². The Morgan fingerprint density at radius 2 is 0.387 bits per heavy atom. The van der Waals surface area contributed by atoms with Gasteiger partial charge in [-0.2, -0.15) is 0 Å². The molecular formula is C102H72Cl2HfO4Si2. The average Bonchev–Trinajstić information content (AvgIpc) is 1.48. The van der Waals surface area contributed by atoms with Gasteiger partial charge in [-0.15, -0.1) is 0 Å². The van der Waals surface area contributed by atoms with Crippen molar-refractivity contribution in [3.63, 3.8) is 0 Å². The summed E-state index contributed by atoms with van der Waals surface area (Å²) in [5, 5.41) is 0. The summed E-state index contributed by atoms with van der Waals surface area (Å²) in [4.78, 5) is 0. The number of hydrogen-bond donors (Lipinski definition) is 0. The summed E-state index contributed by atoms with van der Waals surface area (Å²) in [7, 11) is 18.1. The van der Waals surface area contributed by atoms with Crippen LogP contribution in [0.25, 0.3) is 136 Å². The van der Waals surface area contributed by atoms with Crippen LogP contribution in [0.5, 0.6) is 0 Å². The van der Waals surface area contributed by atoms with Crippen molar-refractivity contribution >= 4 is 81.3 Å². The van der Waals surface area contributed by atoms with Gasteiger partial charge in [0.25, 0.3) is 0 Å². The van der Waals surface area contributed by atoms with E-state index in [1.165, 1.54) is 0 Å². The number of halogens is 2. The molecule has 9 heteroatoms. The maximum atomic E-state index is 12.3. The Balaban J connectivity index is 1.02. The molecule has 4 unspecified atom stereocenters. The van der Waals surface area contributed by atoms with Gasteiger partial charge in [0.1, 0.15) is 0 Å². The van der Waals surface area contributed by atoms with Gasteiger partial charge in [-0.25, -0.2) is 0 Å². The van der Waals surface area contributed by atoms with E-state index in [-0.39, 0.29) is 0 Å². The topological polar surface area (TPSA) is 52.6 Å². The van der Waals surface area contributed by atoms with Gasteiger partial charge < -0.3 is 0 Å². The number of allylic oxidation sites excluding steroid dienone is 4. The van der Waals surface area contributed by atoms with Crippen LogP contribution in [0.1, 0.15) is 67.5 Å². The number of furan rings is 4. The third-order valence-electron chi connectivity index (χ3n) is 27.2. The summed E-state index contributed by atoms with van der Waals surface area (Å²) in [5.41, 5.74) is 25.4. The van der Waals surface area contributed by atoms with Gasteiger partial charge in [-0.05, 0) is 0 Å². The summed E-state index contributed by atoms with van der Waals surface area (Å²) in [5.74, 6) is 5.89. The number of rotatable bonds is 12. The average molecular weight is 1670 g/mol. The summed E-state index contributed by atoms with van der Waals surface area (Å²) >= 11 is -9.10. The molecule has 4 aromatic heterocycles. The Kier molecular flexibility index (Phi) is 14.4. The normalized spacial score (nSPS) is 22.6. The predicted octanol–water partition coefficient (Wildman–Crippen LogP) is 26.9. The molecule has 2 fully saturated rings. The van der Waals surface area contributed by atoms with Crippen LogP contribution in [0.4, 0.5) is 0 Å². The summed E-state index contributed by atoms with van der Waals surface area (Å²) in [6, 6.07) is 132. The quantitative estimate of drug-likeness (QED) is 0.114. The van der Waals surface area contributed by atoms with Crippen LogP contribution in [0.3, 0.4) is 0 Å².